The van der Waals surface area contributed by atoms with Crippen LogP contribution in [-0.2, 0) is 11.4 Å². The molecule has 32 heavy (non-hydrogen) atoms. The molecule has 3 rings (SSSR count). The van der Waals surface area contributed by atoms with Crippen LogP contribution in [0.5, 0.6) is 11.5 Å². The SMILES string of the molecule is COc1cc(C(=O)NCCC(=O)Nc2cc(Br)ccc2C)ccc1OCc1ccccc1. The third-order valence-electron chi connectivity index (χ3n) is 4.77. The normalized spacial score (nSPS) is 10.3. The minimum Gasteiger partial charge on any atom is -0.493 e. The van der Waals surface area contributed by atoms with Crippen molar-refractivity contribution < 1.29 is 19.1 Å². The van der Waals surface area contributed by atoms with Crippen molar-refractivity contribution in [2.24, 2.45) is 0 Å². The molecular formula is C25H25BrN2O4. The smallest absolute Gasteiger partial charge is 0.251 e. The number of carbonyl (C=O) groups excluding carboxylic acids is 2. The molecule has 7 heteroatoms. The molecule has 0 atom stereocenters. The van der Waals surface area contributed by atoms with Gasteiger partial charge in [-0.2, -0.15) is 0 Å². The van der Waals surface area contributed by atoms with Gasteiger partial charge in [0, 0.05) is 28.7 Å². The lowest BCUT2D eigenvalue weighted by Crippen LogP contribution is -2.27. The van der Waals surface area contributed by atoms with Crippen molar-refractivity contribution in [1.82, 2.24) is 5.32 Å². The molecular weight excluding hydrogens is 472 g/mol. The Bertz CT molecular complexity index is 1090. The molecule has 0 aliphatic carbocycles. The fourth-order valence-electron chi connectivity index (χ4n) is 3.00. The number of hydrogen-bond acceptors (Lipinski definition) is 4. The zero-order valence-corrected chi connectivity index (χ0v) is 19.6. The highest BCUT2D eigenvalue weighted by Crippen LogP contribution is 2.29. The third kappa shape index (κ3) is 6.59. The van der Waals surface area contributed by atoms with Gasteiger partial charge in [-0.3, -0.25) is 9.59 Å². The average molecular weight is 497 g/mol. The maximum Gasteiger partial charge on any atom is 0.251 e. The lowest BCUT2D eigenvalue weighted by atomic mass is 10.1. The Hall–Kier alpha value is -3.32. The van der Waals surface area contributed by atoms with E-state index in [0.29, 0.717) is 23.7 Å². The molecule has 0 heterocycles. The number of halogens is 1. The van der Waals surface area contributed by atoms with Crippen LogP contribution < -0.4 is 20.1 Å². The van der Waals surface area contributed by atoms with E-state index in [1.54, 1.807) is 18.2 Å². The van der Waals surface area contributed by atoms with E-state index in [1.807, 2.05) is 55.5 Å². The molecule has 0 aliphatic rings. The van der Waals surface area contributed by atoms with Gasteiger partial charge in [-0.05, 0) is 48.4 Å². The van der Waals surface area contributed by atoms with Gasteiger partial charge < -0.3 is 20.1 Å². The Morgan fingerprint density at radius 3 is 2.50 bits per heavy atom. The Kier molecular flexibility index (Phi) is 8.27. The van der Waals surface area contributed by atoms with Crippen LogP contribution in [0.3, 0.4) is 0 Å². The molecule has 0 radical (unpaired) electrons. The average Bonchev–Trinajstić information content (AvgIpc) is 2.80. The van der Waals surface area contributed by atoms with E-state index >= 15 is 0 Å². The number of benzene rings is 3. The Morgan fingerprint density at radius 2 is 1.75 bits per heavy atom. The summed E-state index contributed by atoms with van der Waals surface area (Å²) in [5.74, 6) is 0.561. The first-order valence-corrected chi connectivity index (χ1v) is 10.9. The predicted octanol–water partition coefficient (Wildman–Crippen LogP) is 5.10. The van der Waals surface area contributed by atoms with Crippen LogP contribution >= 0.6 is 15.9 Å². The maximum atomic E-state index is 12.5. The van der Waals surface area contributed by atoms with Gasteiger partial charge in [-0.25, -0.2) is 0 Å². The van der Waals surface area contributed by atoms with E-state index in [4.69, 9.17) is 9.47 Å². The Labute approximate surface area is 196 Å². The zero-order chi connectivity index (χ0) is 22.9. The lowest BCUT2D eigenvalue weighted by Gasteiger charge is -2.13. The van der Waals surface area contributed by atoms with E-state index in [0.717, 1.165) is 21.3 Å². The summed E-state index contributed by atoms with van der Waals surface area (Å²) in [7, 11) is 1.53. The number of aryl methyl sites for hydroxylation is 1. The fourth-order valence-corrected chi connectivity index (χ4v) is 3.36. The summed E-state index contributed by atoms with van der Waals surface area (Å²) in [6.45, 7) is 2.53. The van der Waals surface area contributed by atoms with Gasteiger partial charge in [0.15, 0.2) is 11.5 Å². The molecule has 0 fully saturated rings. The van der Waals surface area contributed by atoms with Crippen molar-refractivity contribution >= 4 is 33.4 Å². The van der Waals surface area contributed by atoms with Gasteiger partial charge in [0.1, 0.15) is 6.61 Å². The zero-order valence-electron chi connectivity index (χ0n) is 18.0. The molecule has 0 saturated heterocycles. The fraction of sp³-hybridized carbons (Fsp3) is 0.200. The van der Waals surface area contributed by atoms with Gasteiger partial charge >= 0.3 is 0 Å². The van der Waals surface area contributed by atoms with Crippen LogP contribution in [0, 0.1) is 6.92 Å². The van der Waals surface area contributed by atoms with Crippen LogP contribution in [-0.4, -0.2) is 25.5 Å². The summed E-state index contributed by atoms with van der Waals surface area (Å²) in [6, 6.07) is 20.5. The molecule has 2 N–H and O–H groups in total. The van der Waals surface area contributed by atoms with Gasteiger partial charge in [0.25, 0.3) is 5.91 Å². The number of carbonyl (C=O) groups is 2. The topological polar surface area (TPSA) is 76.7 Å². The van der Waals surface area contributed by atoms with Crippen LogP contribution in [0.15, 0.2) is 71.2 Å². The molecule has 0 bridgehead atoms. The van der Waals surface area contributed by atoms with Gasteiger partial charge in [-0.1, -0.05) is 52.3 Å². The second kappa shape index (κ2) is 11.3. The van der Waals surface area contributed by atoms with Crippen molar-refractivity contribution in [1.29, 1.82) is 0 Å². The highest BCUT2D eigenvalue weighted by atomic mass is 79.9. The second-order valence-corrected chi connectivity index (χ2v) is 8.07. The highest BCUT2D eigenvalue weighted by molar-refractivity contribution is 9.10. The van der Waals surface area contributed by atoms with Crippen molar-refractivity contribution in [3.05, 3.63) is 87.9 Å². The van der Waals surface area contributed by atoms with Gasteiger partial charge in [0.05, 0.1) is 7.11 Å². The number of hydrogen-bond donors (Lipinski definition) is 2. The standard InChI is InChI=1S/C25H25BrN2O4/c1-17-8-10-20(26)15-21(17)28-24(29)12-13-27-25(30)19-9-11-22(23(14-19)31-2)32-16-18-6-4-3-5-7-18/h3-11,14-15H,12-13,16H2,1-2H3,(H,27,30)(H,28,29). The van der Waals surface area contributed by atoms with Crippen LogP contribution in [0.1, 0.15) is 27.9 Å². The number of nitrogens with one attached hydrogen (secondary N) is 2. The first-order valence-electron chi connectivity index (χ1n) is 10.1. The third-order valence-corrected chi connectivity index (χ3v) is 5.27. The minimum absolute atomic E-state index is 0.160. The lowest BCUT2D eigenvalue weighted by molar-refractivity contribution is -0.116. The minimum atomic E-state index is -0.288. The summed E-state index contributed by atoms with van der Waals surface area (Å²) < 4.78 is 12.1. The number of methoxy groups -OCH3 is 1. The Balaban J connectivity index is 1.52. The van der Waals surface area contributed by atoms with Crippen LogP contribution in [0.25, 0.3) is 0 Å². The molecule has 0 spiro atoms. The largest absolute Gasteiger partial charge is 0.493 e. The number of amides is 2. The quantitative estimate of drug-likeness (QED) is 0.431. The summed E-state index contributed by atoms with van der Waals surface area (Å²) in [6.07, 6.45) is 0.160. The summed E-state index contributed by atoms with van der Waals surface area (Å²) in [5.41, 5.74) is 3.17. The molecule has 0 aliphatic heterocycles. The number of anilines is 1. The van der Waals surface area contributed by atoms with E-state index in [1.165, 1.54) is 7.11 Å². The van der Waals surface area contributed by atoms with Crippen molar-refractivity contribution in [3.8, 4) is 11.5 Å². The molecule has 2 amide bonds. The van der Waals surface area contributed by atoms with Crippen LogP contribution in [0.2, 0.25) is 0 Å². The van der Waals surface area contributed by atoms with Gasteiger partial charge in [0.2, 0.25) is 5.91 Å². The van der Waals surface area contributed by atoms with Crippen molar-refractivity contribution in [2.45, 2.75) is 20.0 Å². The van der Waals surface area contributed by atoms with E-state index in [-0.39, 0.29) is 24.8 Å². The monoisotopic (exact) mass is 496 g/mol. The molecule has 166 valence electrons. The Morgan fingerprint density at radius 1 is 0.969 bits per heavy atom. The summed E-state index contributed by atoms with van der Waals surface area (Å²) in [4.78, 5) is 24.7. The van der Waals surface area contributed by atoms with E-state index in [9.17, 15) is 9.59 Å². The van der Waals surface area contributed by atoms with Crippen molar-refractivity contribution in [3.63, 3.8) is 0 Å². The molecule has 0 saturated carbocycles. The van der Waals surface area contributed by atoms with Crippen LogP contribution in [0.4, 0.5) is 5.69 Å². The van der Waals surface area contributed by atoms with E-state index < -0.39 is 0 Å². The first kappa shape index (κ1) is 23.3. The summed E-state index contributed by atoms with van der Waals surface area (Å²) >= 11 is 3.39. The number of rotatable bonds is 9. The first-order chi connectivity index (χ1) is 15.5. The number of ether oxygens (including phenoxy) is 2. The summed E-state index contributed by atoms with van der Waals surface area (Å²) in [5, 5.41) is 5.63. The second-order valence-electron chi connectivity index (χ2n) is 7.15. The molecule has 3 aromatic rings. The molecule has 6 nitrogen and oxygen atoms in total. The molecule has 0 unspecified atom stereocenters. The van der Waals surface area contributed by atoms with Crippen molar-refractivity contribution in [2.75, 3.05) is 19.0 Å². The van der Waals surface area contributed by atoms with E-state index in [2.05, 4.69) is 26.6 Å². The van der Waals surface area contributed by atoms with Gasteiger partial charge in [-0.15, -0.1) is 0 Å². The predicted molar refractivity (Wildman–Crippen MR) is 128 cm³/mol. The maximum absolute atomic E-state index is 12.5. The highest BCUT2D eigenvalue weighted by Gasteiger charge is 2.12. The molecule has 0 aromatic heterocycles. The molecule has 3 aromatic carbocycles.